The Balaban J connectivity index is 2.00. The van der Waals surface area contributed by atoms with E-state index in [0.717, 1.165) is 19.5 Å². The molecule has 1 saturated heterocycles. The van der Waals surface area contributed by atoms with Gasteiger partial charge >= 0.3 is 0 Å². The summed E-state index contributed by atoms with van der Waals surface area (Å²) in [6, 6.07) is 9.02. The van der Waals surface area contributed by atoms with Gasteiger partial charge < -0.3 is 10.1 Å². The molecule has 0 spiro atoms. The highest BCUT2D eigenvalue weighted by atomic mass is 16.5. The quantitative estimate of drug-likeness (QED) is 0.750. The second-order valence-corrected chi connectivity index (χ2v) is 7.09. The van der Waals surface area contributed by atoms with Gasteiger partial charge in [-0.3, -0.25) is 0 Å². The van der Waals surface area contributed by atoms with Crippen molar-refractivity contribution in [3.63, 3.8) is 0 Å². The molecule has 1 fully saturated rings. The summed E-state index contributed by atoms with van der Waals surface area (Å²) in [4.78, 5) is 0. The first-order valence-electron chi connectivity index (χ1n) is 8.45. The molecule has 0 aliphatic carbocycles. The Kier molecular flexibility index (Phi) is 5.83. The summed E-state index contributed by atoms with van der Waals surface area (Å²) < 4.78 is 6.20. The highest BCUT2D eigenvalue weighted by molar-refractivity contribution is 5.25. The van der Waals surface area contributed by atoms with Gasteiger partial charge in [-0.2, -0.15) is 0 Å². The Bertz CT molecular complexity index is 424. The van der Waals surface area contributed by atoms with Gasteiger partial charge in [0.1, 0.15) is 0 Å². The zero-order valence-electron chi connectivity index (χ0n) is 14.1. The molecular formula is C19H31NO. The van der Waals surface area contributed by atoms with Crippen LogP contribution in [0.5, 0.6) is 0 Å². The van der Waals surface area contributed by atoms with Gasteiger partial charge in [0.05, 0.1) is 11.7 Å². The molecule has 2 atom stereocenters. The maximum atomic E-state index is 6.20. The van der Waals surface area contributed by atoms with E-state index in [1.807, 2.05) is 0 Å². The van der Waals surface area contributed by atoms with E-state index in [0.29, 0.717) is 12.0 Å². The summed E-state index contributed by atoms with van der Waals surface area (Å²) in [6.07, 6.45) is 5.11. The van der Waals surface area contributed by atoms with Crippen LogP contribution in [0.1, 0.15) is 63.5 Å². The zero-order valence-corrected chi connectivity index (χ0v) is 14.1. The monoisotopic (exact) mass is 289 g/mol. The molecule has 21 heavy (non-hydrogen) atoms. The number of rotatable bonds is 7. The summed E-state index contributed by atoms with van der Waals surface area (Å²) in [7, 11) is 0. The number of hydrogen-bond acceptors (Lipinski definition) is 2. The van der Waals surface area contributed by atoms with Crippen molar-refractivity contribution >= 4 is 0 Å². The molecule has 0 amide bonds. The summed E-state index contributed by atoms with van der Waals surface area (Å²) >= 11 is 0. The Hall–Kier alpha value is -0.860. The molecule has 118 valence electrons. The van der Waals surface area contributed by atoms with Crippen LogP contribution in [0, 0.1) is 6.92 Å². The predicted molar refractivity (Wildman–Crippen MR) is 89.9 cm³/mol. The molecule has 0 saturated carbocycles. The van der Waals surface area contributed by atoms with Gasteiger partial charge in [0.15, 0.2) is 0 Å². The third-order valence-electron chi connectivity index (χ3n) is 4.47. The van der Waals surface area contributed by atoms with E-state index in [-0.39, 0.29) is 5.60 Å². The Morgan fingerprint density at radius 2 is 2.00 bits per heavy atom. The van der Waals surface area contributed by atoms with Crippen molar-refractivity contribution in [1.29, 1.82) is 0 Å². The molecule has 2 nitrogen and oxygen atoms in total. The lowest BCUT2D eigenvalue weighted by Crippen LogP contribution is -2.26. The fourth-order valence-electron chi connectivity index (χ4n) is 3.19. The SMILES string of the molecule is CCCNCC(CC1CCC(C)(C)O1)c1ccc(C)cc1. The molecule has 0 radical (unpaired) electrons. The molecular weight excluding hydrogens is 258 g/mol. The number of nitrogens with one attached hydrogen (secondary N) is 1. The smallest absolute Gasteiger partial charge is 0.0631 e. The van der Waals surface area contributed by atoms with Crippen molar-refractivity contribution in [1.82, 2.24) is 5.32 Å². The van der Waals surface area contributed by atoms with Gasteiger partial charge in [0, 0.05) is 6.54 Å². The zero-order chi connectivity index (χ0) is 15.3. The highest BCUT2D eigenvalue weighted by Crippen LogP contribution is 2.34. The third-order valence-corrected chi connectivity index (χ3v) is 4.47. The average molecular weight is 289 g/mol. The number of aryl methyl sites for hydroxylation is 1. The van der Waals surface area contributed by atoms with Crippen LogP contribution < -0.4 is 5.32 Å². The van der Waals surface area contributed by atoms with Gasteiger partial charge in [-0.15, -0.1) is 0 Å². The van der Waals surface area contributed by atoms with E-state index in [1.54, 1.807) is 0 Å². The van der Waals surface area contributed by atoms with Crippen LogP contribution in [0.2, 0.25) is 0 Å². The minimum atomic E-state index is 0.0688. The first-order chi connectivity index (χ1) is 10.00. The van der Waals surface area contributed by atoms with E-state index < -0.39 is 0 Å². The van der Waals surface area contributed by atoms with Gasteiger partial charge in [0.2, 0.25) is 0 Å². The normalized spacial score (nSPS) is 22.4. The average Bonchev–Trinajstić information content (AvgIpc) is 2.78. The predicted octanol–water partition coefficient (Wildman–Crippen LogP) is 4.43. The van der Waals surface area contributed by atoms with Crippen LogP contribution in [0.25, 0.3) is 0 Å². The number of ether oxygens (including phenoxy) is 1. The summed E-state index contributed by atoms with van der Waals surface area (Å²) in [5.74, 6) is 0.552. The largest absolute Gasteiger partial charge is 0.372 e. The van der Waals surface area contributed by atoms with Crippen molar-refractivity contribution in [2.75, 3.05) is 13.1 Å². The molecule has 1 aromatic carbocycles. The van der Waals surface area contributed by atoms with Gasteiger partial charge in [-0.05, 0) is 64.5 Å². The van der Waals surface area contributed by atoms with E-state index in [2.05, 4.69) is 57.3 Å². The summed E-state index contributed by atoms with van der Waals surface area (Å²) in [6.45, 7) is 10.9. The van der Waals surface area contributed by atoms with Gasteiger partial charge in [-0.25, -0.2) is 0 Å². The van der Waals surface area contributed by atoms with Crippen LogP contribution in [-0.4, -0.2) is 24.8 Å². The fourth-order valence-corrected chi connectivity index (χ4v) is 3.19. The minimum absolute atomic E-state index is 0.0688. The van der Waals surface area contributed by atoms with E-state index >= 15 is 0 Å². The Morgan fingerprint density at radius 1 is 1.29 bits per heavy atom. The van der Waals surface area contributed by atoms with E-state index in [4.69, 9.17) is 4.74 Å². The first kappa shape index (κ1) is 16.5. The molecule has 2 rings (SSSR count). The number of benzene rings is 1. The maximum Gasteiger partial charge on any atom is 0.0631 e. The van der Waals surface area contributed by atoms with Crippen molar-refractivity contribution in [3.05, 3.63) is 35.4 Å². The minimum Gasteiger partial charge on any atom is -0.372 e. The Morgan fingerprint density at radius 3 is 2.57 bits per heavy atom. The van der Waals surface area contributed by atoms with Crippen molar-refractivity contribution in [3.8, 4) is 0 Å². The summed E-state index contributed by atoms with van der Waals surface area (Å²) in [5.41, 5.74) is 2.84. The summed E-state index contributed by atoms with van der Waals surface area (Å²) in [5, 5.41) is 3.59. The number of hydrogen-bond donors (Lipinski definition) is 1. The second kappa shape index (κ2) is 7.42. The lowest BCUT2D eigenvalue weighted by molar-refractivity contribution is -0.0209. The van der Waals surface area contributed by atoms with Gasteiger partial charge in [0.25, 0.3) is 0 Å². The molecule has 2 heteroatoms. The fraction of sp³-hybridized carbons (Fsp3) is 0.684. The lowest BCUT2D eigenvalue weighted by atomic mass is 9.91. The van der Waals surface area contributed by atoms with Crippen molar-refractivity contribution < 1.29 is 4.74 Å². The van der Waals surface area contributed by atoms with Crippen LogP contribution >= 0.6 is 0 Å². The highest BCUT2D eigenvalue weighted by Gasteiger charge is 2.33. The van der Waals surface area contributed by atoms with E-state index in [9.17, 15) is 0 Å². The van der Waals surface area contributed by atoms with Gasteiger partial charge in [-0.1, -0.05) is 36.8 Å². The second-order valence-electron chi connectivity index (χ2n) is 7.09. The Labute approximate surface area is 130 Å². The molecule has 1 aliphatic rings. The van der Waals surface area contributed by atoms with Crippen molar-refractivity contribution in [2.45, 2.75) is 71.0 Å². The van der Waals surface area contributed by atoms with E-state index in [1.165, 1.54) is 30.4 Å². The first-order valence-corrected chi connectivity index (χ1v) is 8.45. The topological polar surface area (TPSA) is 21.3 Å². The van der Waals surface area contributed by atoms with Crippen LogP contribution in [0.15, 0.2) is 24.3 Å². The van der Waals surface area contributed by atoms with Crippen LogP contribution in [-0.2, 0) is 4.74 Å². The maximum absolute atomic E-state index is 6.20. The molecule has 1 heterocycles. The standard InChI is InChI=1S/C19H31NO/c1-5-12-20-14-17(16-8-6-15(2)7-9-16)13-18-10-11-19(3,4)21-18/h6-9,17-18,20H,5,10-14H2,1-4H3. The van der Waals surface area contributed by atoms with Crippen molar-refractivity contribution in [2.24, 2.45) is 0 Å². The molecule has 0 bridgehead atoms. The molecule has 0 aromatic heterocycles. The molecule has 1 aromatic rings. The van der Waals surface area contributed by atoms with Crippen LogP contribution in [0.4, 0.5) is 0 Å². The molecule has 1 N–H and O–H groups in total. The third kappa shape index (κ3) is 5.12. The molecule has 1 aliphatic heterocycles. The lowest BCUT2D eigenvalue weighted by Gasteiger charge is -2.24. The molecule has 2 unspecified atom stereocenters. The van der Waals surface area contributed by atoms with Crippen LogP contribution in [0.3, 0.4) is 0 Å².